The molecule has 0 aromatic heterocycles. The molecular formula is C3H6OTe. The first-order valence-electron chi connectivity index (χ1n) is 1.46. The van der Waals surface area contributed by atoms with E-state index >= 15 is 0 Å². The second-order valence-corrected chi connectivity index (χ2v) is 1.63. The SMILES string of the molecule is OCCC=[Te]. The number of hydrogen-bond donors (Lipinski definition) is 1. The molecular weight excluding hydrogens is 180 g/mol. The van der Waals surface area contributed by atoms with Gasteiger partial charge in [0.15, 0.2) is 0 Å². The van der Waals surface area contributed by atoms with Crippen LogP contribution in [0.1, 0.15) is 6.42 Å². The van der Waals surface area contributed by atoms with Gasteiger partial charge < -0.3 is 0 Å². The van der Waals surface area contributed by atoms with E-state index in [0.29, 0.717) is 6.61 Å². The molecule has 0 aromatic carbocycles. The molecule has 5 heavy (non-hydrogen) atoms. The van der Waals surface area contributed by atoms with Gasteiger partial charge in [0.1, 0.15) is 0 Å². The first-order valence-corrected chi connectivity index (χ1v) is 2.81. The quantitative estimate of drug-likeness (QED) is 0.567. The molecule has 0 saturated heterocycles. The summed E-state index contributed by atoms with van der Waals surface area (Å²) >= 11 is 1.87. The van der Waals surface area contributed by atoms with E-state index in [1.54, 1.807) is 0 Å². The first kappa shape index (κ1) is 5.62. The Balaban J connectivity index is 2.40. The molecule has 0 aliphatic heterocycles. The Morgan fingerprint density at radius 1 is 1.80 bits per heavy atom. The fraction of sp³-hybridized carbons (Fsp3) is 0.667. The summed E-state index contributed by atoms with van der Waals surface area (Å²) in [4.78, 5) is 0. The van der Waals surface area contributed by atoms with E-state index in [4.69, 9.17) is 5.11 Å². The number of aliphatic hydroxyl groups excluding tert-OH is 1. The van der Waals surface area contributed by atoms with Crippen LogP contribution in [0.5, 0.6) is 0 Å². The van der Waals surface area contributed by atoms with Gasteiger partial charge in [0, 0.05) is 0 Å². The van der Waals surface area contributed by atoms with Crippen LogP contribution in [-0.4, -0.2) is 37.6 Å². The summed E-state index contributed by atoms with van der Waals surface area (Å²) in [6.07, 6.45) is 0.824. The summed E-state index contributed by atoms with van der Waals surface area (Å²) in [6.45, 7) is 0.291. The van der Waals surface area contributed by atoms with Crippen molar-refractivity contribution in [3.63, 3.8) is 0 Å². The minimum absolute atomic E-state index is 0.291. The molecule has 0 heterocycles. The molecule has 0 aliphatic carbocycles. The Morgan fingerprint density at radius 2 is 2.40 bits per heavy atom. The molecule has 0 radical (unpaired) electrons. The van der Waals surface area contributed by atoms with Crippen molar-refractivity contribution in [1.29, 1.82) is 0 Å². The summed E-state index contributed by atoms with van der Waals surface area (Å²) in [7, 11) is 0. The van der Waals surface area contributed by atoms with Crippen LogP contribution in [0.15, 0.2) is 0 Å². The zero-order valence-electron chi connectivity index (χ0n) is 2.85. The van der Waals surface area contributed by atoms with E-state index in [0.717, 1.165) is 6.42 Å². The van der Waals surface area contributed by atoms with Crippen LogP contribution >= 0.6 is 0 Å². The second-order valence-electron chi connectivity index (χ2n) is 0.679. The van der Waals surface area contributed by atoms with Crippen LogP contribution in [0.3, 0.4) is 0 Å². The predicted molar refractivity (Wildman–Crippen MR) is 23.5 cm³/mol. The molecule has 0 aromatic rings. The standard InChI is InChI=1S/C3H6OTe/c4-2-1-3-5/h3-4H,1-2H2. The van der Waals surface area contributed by atoms with Crippen molar-refractivity contribution in [3.8, 4) is 0 Å². The molecule has 2 heteroatoms. The van der Waals surface area contributed by atoms with Gasteiger partial charge in [-0.25, -0.2) is 0 Å². The minimum atomic E-state index is 0.291. The summed E-state index contributed by atoms with van der Waals surface area (Å²) in [5.41, 5.74) is 0. The van der Waals surface area contributed by atoms with Crippen molar-refractivity contribution < 1.29 is 5.11 Å². The van der Waals surface area contributed by atoms with Crippen LogP contribution in [0, 0.1) is 0 Å². The van der Waals surface area contributed by atoms with Crippen LogP contribution < -0.4 is 0 Å². The maximum atomic E-state index is 8.04. The summed E-state index contributed by atoms with van der Waals surface area (Å²) in [5, 5.41) is 8.04. The third kappa shape index (κ3) is 4.62. The maximum absolute atomic E-state index is 8.04. The molecule has 0 aliphatic rings. The summed E-state index contributed by atoms with van der Waals surface area (Å²) in [5.74, 6) is 0. The third-order valence-electron chi connectivity index (χ3n) is 0.247. The van der Waals surface area contributed by atoms with Gasteiger partial charge in [-0.3, -0.25) is 0 Å². The monoisotopic (exact) mass is 188 g/mol. The zero-order valence-corrected chi connectivity index (χ0v) is 5.18. The van der Waals surface area contributed by atoms with Crippen molar-refractivity contribution in [3.05, 3.63) is 0 Å². The Bertz CT molecular complexity index is 28.1. The van der Waals surface area contributed by atoms with E-state index in [1.807, 2.05) is 25.9 Å². The van der Waals surface area contributed by atoms with Crippen molar-refractivity contribution in [1.82, 2.24) is 0 Å². The first-order chi connectivity index (χ1) is 2.41. The van der Waals surface area contributed by atoms with E-state index in [9.17, 15) is 0 Å². The van der Waals surface area contributed by atoms with Gasteiger partial charge in [0.05, 0.1) is 0 Å². The fourth-order valence-electron chi connectivity index (χ4n) is 0.0527. The van der Waals surface area contributed by atoms with Crippen LogP contribution in [0.4, 0.5) is 0 Å². The fourth-order valence-corrected chi connectivity index (χ4v) is 0.354. The van der Waals surface area contributed by atoms with E-state index in [1.165, 1.54) is 0 Å². The molecule has 1 N–H and O–H groups in total. The Labute approximate surface area is 44.4 Å². The molecule has 0 spiro atoms. The zero-order chi connectivity index (χ0) is 4.12. The Kier molecular flexibility index (Phi) is 5.19. The third-order valence-corrected chi connectivity index (χ3v) is 0.920. The van der Waals surface area contributed by atoms with Crippen LogP contribution in [0.25, 0.3) is 0 Å². The average molecular weight is 186 g/mol. The molecule has 1 nitrogen and oxygen atoms in total. The Morgan fingerprint density at radius 3 is 2.40 bits per heavy atom. The van der Waals surface area contributed by atoms with Gasteiger partial charge in [-0.15, -0.1) is 0 Å². The normalized spacial score (nSPS) is 7.40. The molecule has 0 bridgehead atoms. The molecule has 0 rings (SSSR count). The van der Waals surface area contributed by atoms with E-state index < -0.39 is 0 Å². The average Bonchev–Trinajstić information content (AvgIpc) is 1.41. The number of rotatable bonds is 2. The number of aliphatic hydroxyl groups is 1. The van der Waals surface area contributed by atoms with Crippen LogP contribution in [0.2, 0.25) is 0 Å². The van der Waals surface area contributed by atoms with Gasteiger partial charge in [-0.2, -0.15) is 0 Å². The van der Waals surface area contributed by atoms with E-state index in [-0.39, 0.29) is 0 Å². The molecule has 0 fully saturated rings. The number of hydrogen-bond acceptors (Lipinski definition) is 1. The van der Waals surface area contributed by atoms with Crippen molar-refractivity contribution >= 4 is 25.9 Å². The molecule has 0 atom stereocenters. The van der Waals surface area contributed by atoms with Crippen LogP contribution in [-0.2, 0) is 0 Å². The molecule has 0 saturated carbocycles. The summed E-state index contributed by atoms with van der Waals surface area (Å²) in [6, 6.07) is 0. The van der Waals surface area contributed by atoms with Crippen molar-refractivity contribution in [2.45, 2.75) is 6.42 Å². The van der Waals surface area contributed by atoms with Gasteiger partial charge in [-0.05, 0) is 0 Å². The van der Waals surface area contributed by atoms with Gasteiger partial charge in [0.25, 0.3) is 0 Å². The molecule has 0 amide bonds. The van der Waals surface area contributed by atoms with Crippen molar-refractivity contribution in [2.24, 2.45) is 0 Å². The Hall–Kier alpha value is 0.620. The van der Waals surface area contributed by atoms with E-state index in [2.05, 4.69) is 0 Å². The molecule has 0 unspecified atom stereocenters. The predicted octanol–water partition coefficient (Wildman–Crippen LogP) is -0.661. The van der Waals surface area contributed by atoms with Crippen molar-refractivity contribution in [2.75, 3.05) is 6.61 Å². The topological polar surface area (TPSA) is 20.2 Å². The molecule has 30 valence electrons. The summed E-state index contributed by atoms with van der Waals surface area (Å²) < 4.78 is 1.94. The van der Waals surface area contributed by atoms with Gasteiger partial charge >= 0.3 is 44.0 Å². The van der Waals surface area contributed by atoms with Gasteiger partial charge in [-0.1, -0.05) is 0 Å². The van der Waals surface area contributed by atoms with Gasteiger partial charge in [0.2, 0.25) is 0 Å². The second kappa shape index (κ2) is 4.62.